The molecule has 0 radical (unpaired) electrons. The number of guanidine groups is 1. The van der Waals surface area contributed by atoms with Crippen LogP contribution in [0.15, 0.2) is 17.1 Å². The molecule has 4 heteroatoms. The van der Waals surface area contributed by atoms with E-state index in [9.17, 15) is 0 Å². The first-order valence-electron chi connectivity index (χ1n) is 6.76. The Balaban J connectivity index is 4.41. The Labute approximate surface area is 112 Å². The maximum absolute atomic E-state index is 5.83. The van der Waals surface area contributed by atoms with Crippen molar-refractivity contribution in [2.75, 3.05) is 27.2 Å². The Morgan fingerprint density at radius 2 is 1.89 bits per heavy atom. The van der Waals surface area contributed by atoms with Crippen molar-refractivity contribution < 1.29 is 0 Å². The SMILES string of the molecule is C=C(C)CNC(N)=NCC(C(CC)CC)N(C)C. The fraction of sp³-hybridized carbons (Fsp3) is 0.786. The molecule has 0 aliphatic carbocycles. The molecule has 0 aromatic rings. The van der Waals surface area contributed by atoms with E-state index in [1.807, 2.05) is 6.92 Å². The first kappa shape index (κ1) is 17.0. The zero-order valence-corrected chi connectivity index (χ0v) is 12.7. The topological polar surface area (TPSA) is 53.6 Å². The van der Waals surface area contributed by atoms with Crippen LogP contribution in [-0.2, 0) is 0 Å². The minimum Gasteiger partial charge on any atom is -0.370 e. The first-order chi connectivity index (χ1) is 8.42. The number of rotatable bonds is 8. The van der Waals surface area contributed by atoms with Crippen LogP contribution in [0.5, 0.6) is 0 Å². The second-order valence-electron chi connectivity index (χ2n) is 5.14. The van der Waals surface area contributed by atoms with Gasteiger partial charge in [0.05, 0.1) is 6.54 Å². The third-order valence-corrected chi connectivity index (χ3v) is 3.28. The average molecular weight is 254 g/mol. The highest BCUT2D eigenvalue weighted by atomic mass is 15.1. The Hall–Kier alpha value is -1.03. The van der Waals surface area contributed by atoms with E-state index in [-0.39, 0.29) is 0 Å². The van der Waals surface area contributed by atoms with Crippen molar-refractivity contribution >= 4 is 5.96 Å². The molecule has 0 fully saturated rings. The fourth-order valence-corrected chi connectivity index (χ4v) is 2.06. The van der Waals surface area contributed by atoms with Gasteiger partial charge in [0.25, 0.3) is 0 Å². The summed E-state index contributed by atoms with van der Waals surface area (Å²) in [6, 6.07) is 0.449. The maximum Gasteiger partial charge on any atom is 0.188 e. The molecule has 0 rings (SSSR count). The van der Waals surface area contributed by atoms with Gasteiger partial charge in [0.1, 0.15) is 0 Å². The van der Waals surface area contributed by atoms with Crippen molar-refractivity contribution in [1.82, 2.24) is 10.2 Å². The number of hydrogen-bond acceptors (Lipinski definition) is 2. The van der Waals surface area contributed by atoms with Crippen molar-refractivity contribution in [1.29, 1.82) is 0 Å². The van der Waals surface area contributed by atoms with Crippen molar-refractivity contribution in [3.63, 3.8) is 0 Å². The summed E-state index contributed by atoms with van der Waals surface area (Å²) in [4.78, 5) is 6.68. The molecule has 106 valence electrons. The fourth-order valence-electron chi connectivity index (χ4n) is 2.06. The van der Waals surface area contributed by atoms with E-state index < -0.39 is 0 Å². The lowest BCUT2D eigenvalue weighted by molar-refractivity contribution is 0.206. The van der Waals surface area contributed by atoms with Crippen molar-refractivity contribution in [2.24, 2.45) is 16.6 Å². The van der Waals surface area contributed by atoms with Gasteiger partial charge < -0.3 is 16.0 Å². The molecule has 0 aliphatic rings. The van der Waals surface area contributed by atoms with Gasteiger partial charge in [-0.3, -0.25) is 4.99 Å². The Morgan fingerprint density at radius 1 is 1.33 bits per heavy atom. The van der Waals surface area contributed by atoms with E-state index in [0.29, 0.717) is 24.5 Å². The number of likely N-dealkylation sites (N-methyl/N-ethyl adjacent to an activating group) is 1. The molecule has 1 atom stereocenters. The van der Waals surface area contributed by atoms with Crippen LogP contribution in [0.3, 0.4) is 0 Å². The highest BCUT2D eigenvalue weighted by Gasteiger charge is 2.20. The van der Waals surface area contributed by atoms with Gasteiger partial charge in [-0.25, -0.2) is 0 Å². The highest BCUT2D eigenvalue weighted by molar-refractivity contribution is 5.78. The van der Waals surface area contributed by atoms with E-state index in [1.54, 1.807) is 0 Å². The largest absolute Gasteiger partial charge is 0.370 e. The molecule has 0 bridgehead atoms. The molecule has 0 aliphatic heterocycles. The molecule has 1 unspecified atom stereocenters. The second-order valence-corrected chi connectivity index (χ2v) is 5.14. The van der Waals surface area contributed by atoms with Gasteiger partial charge in [-0.1, -0.05) is 38.8 Å². The van der Waals surface area contributed by atoms with Crippen molar-refractivity contribution in [3.05, 3.63) is 12.2 Å². The normalized spacial score (nSPS) is 14.1. The Bertz CT molecular complexity index is 267. The number of aliphatic imine (C=N–C) groups is 1. The van der Waals surface area contributed by atoms with E-state index in [2.05, 4.69) is 49.7 Å². The smallest absolute Gasteiger partial charge is 0.188 e. The summed E-state index contributed by atoms with van der Waals surface area (Å²) in [7, 11) is 4.21. The van der Waals surface area contributed by atoms with Crippen LogP contribution in [0.1, 0.15) is 33.6 Å². The monoisotopic (exact) mass is 254 g/mol. The first-order valence-corrected chi connectivity index (χ1v) is 6.76. The minimum atomic E-state index is 0.449. The van der Waals surface area contributed by atoms with Crippen LogP contribution in [0, 0.1) is 5.92 Å². The number of nitrogens with two attached hydrogens (primary N) is 1. The van der Waals surface area contributed by atoms with Gasteiger partial charge in [-0.2, -0.15) is 0 Å². The third kappa shape index (κ3) is 6.64. The molecule has 0 aromatic carbocycles. The zero-order valence-electron chi connectivity index (χ0n) is 12.7. The molecule has 18 heavy (non-hydrogen) atoms. The van der Waals surface area contributed by atoms with Crippen LogP contribution in [0.4, 0.5) is 0 Å². The average Bonchev–Trinajstić information content (AvgIpc) is 2.31. The molecular formula is C14H30N4. The number of hydrogen-bond donors (Lipinski definition) is 2. The summed E-state index contributed by atoms with van der Waals surface area (Å²) in [6.45, 7) is 11.7. The summed E-state index contributed by atoms with van der Waals surface area (Å²) in [5.41, 5.74) is 6.89. The summed E-state index contributed by atoms with van der Waals surface area (Å²) >= 11 is 0. The summed E-state index contributed by atoms with van der Waals surface area (Å²) in [5.74, 6) is 1.17. The van der Waals surface area contributed by atoms with Crippen LogP contribution in [-0.4, -0.2) is 44.1 Å². The van der Waals surface area contributed by atoms with E-state index >= 15 is 0 Å². The Kier molecular flexibility index (Phi) is 8.46. The van der Waals surface area contributed by atoms with Crippen LogP contribution < -0.4 is 11.1 Å². The Morgan fingerprint density at radius 3 is 2.28 bits per heavy atom. The molecule has 0 aromatic heterocycles. The molecule has 0 heterocycles. The lowest BCUT2D eigenvalue weighted by Gasteiger charge is -2.30. The molecule has 4 nitrogen and oxygen atoms in total. The number of nitrogens with zero attached hydrogens (tertiary/aromatic N) is 2. The van der Waals surface area contributed by atoms with Crippen molar-refractivity contribution in [3.8, 4) is 0 Å². The third-order valence-electron chi connectivity index (χ3n) is 3.28. The molecule has 0 saturated heterocycles. The van der Waals surface area contributed by atoms with E-state index in [4.69, 9.17) is 5.73 Å². The van der Waals surface area contributed by atoms with E-state index in [0.717, 1.165) is 12.1 Å². The lowest BCUT2D eigenvalue weighted by atomic mass is 9.93. The molecule has 3 N–H and O–H groups in total. The molecular weight excluding hydrogens is 224 g/mol. The van der Waals surface area contributed by atoms with Gasteiger partial charge in [-0.15, -0.1) is 0 Å². The standard InChI is InChI=1S/C14H30N4/c1-7-12(8-2)13(18(5)6)10-17-14(15)16-9-11(3)4/h12-13H,3,7-10H2,1-2,4-6H3,(H3,15,16,17). The predicted octanol–water partition coefficient (Wildman–Crippen LogP) is 1.83. The quantitative estimate of drug-likeness (QED) is 0.395. The van der Waals surface area contributed by atoms with Crippen LogP contribution >= 0.6 is 0 Å². The summed E-state index contributed by atoms with van der Waals surface area (Å²) < 4.78 is 0. The van der Waals surface area contributed by atoms with Crippen LogP contribution in [0.25, 0.3) is 0 Å². The van der Waals surface area contributed by atoms with Crippen LogP contribution in [0.2, 0.25) is 0 Å². The predicted molar refractivity (Wildman–Crippen MR) is 80.9 cm³/mol. The zero-order chi connectivity index (χ0) is 14.1. The molecule has 0 spiro atoms. The van der Waals surface area contributed by atoms with Gasteiger partial charge in [0.2, 0.25) is 0 Å². The molecule has 0 amide bonds. The van der Waals surface area contributed by atoms with E-state index in [1.165, 1.54) is 12.8 Å². The minimum absolute atomic E-state index is 0.449. The summed E-state index contributed by atoms with van der Waals surface area (Å²) in [6.07, 6.45) is 2.35. The maximum atomic E-state index is 5.83. The summed E-state index contributed by atoms with van der Waals surface area (Å²) in [5, 5.41) is 3.06. The number of nitrogens with one attached hydrogen (secondary N) is 1. The van der Waals surface area contributed by atoms with Gasteiger partial charge >= 0.3 is 0 Å². The second kappa shape index (κ2) is 8.97. The highest BCUT2D eigenvalue weighted by Crippen LogP contribution is 2.17. The van der Waals surface area contributed by atoms with Gasteiger partial charge in [0.15, 0.2) is 5.96 Å². The lowest BCUT2D eigenvalue weighted by Crippen LogP contribution is -2.39. The molecule has 0 saturated carbocycles. The van der Waals surface area contributed by atoms with Gasteiger partial charge in [0, 0.05) is 12.6 Å². The van der Waals surface area contributed by atoms with Gasteiger partial charge in [-0.05, 0) is 26.9 Å². The van der Waals surface area contributed by atoms with Crippen molar-refractivity contribution in [2.45, 2.75) is 39.7 Å².